The van der Waals surface area contributed by atoms with Crippen molar-refractivity contribution in [3.8, 4) is 11.5 Å². The van der Waals surface area contributed by atoms with E-state index in [9.17, 15) is 14.7 Å². The highest BCUT2D eigenvalue weighted by Gasteiger charge is 2.46. The quantitative estimate of drug-likeness (QED) is 0.610. The Bertz CT molecular complexity index is 1150. The number of ketones is 1. The lowest BCUT2D eigenvalue weighted by Crippen LogP contribution is -2.43. The van der Waals surface area contributed by atoms with Crippen LogP contribution in [0.2, 0.25) is 0 Å². The summed E-state index contributed by atoms with van der Waals surface area (Å²) in [4.78, 5) is 26.7. The van der Waals surface area contributed by atoms with Gasteiger partial charge in [0.2, 0.25) is 0 Å². The van der Waals surface area contributed by atoms with Crippen LogP contribution in [-0.2, 0) is 20.7 Å². The van der Waals surface area contributed by atoms with Crippen LogP contribution in [0.3, 0.4) is 0 Å². The number of ether oxygens (including phenoxy) is 2. The zero-order valence-electron chi connectivity index (χ0n) is 19.9. The SMILES string of the molecule is C=C1NC2=C(C(=O)CC(C)(C)C2)C(c2ccc(OC)c(O)c2)C1C(=O)OCCc1ccccc1. The van der Waals surface area contributed by atoms with Gasteiger partial charge in [-0.15, -0.1) is 0 Å². The topological polar surface area (TPSA) is 84.9 Å². The van der Waals surface area contributed by atoms with Crippen LogP contribution in [0.5, 0.6) is 11.5 Å². The van der Waals surface area contributed by atoms with Gasteiger partial charge in [-0.3, -0.25) is 9.59 Å². The molecule has 4 rings (SSSR count). The zero-order chi connectivity index (χ0) is 24.5. The van der Waals surface area contributed by atoms with Crippen molar-refractivity contribution in [3.05, 3.63) is 83.2 Å². The van der Waals surface area contributed by atoms with Crippen molar-refractivity contribution < 1.29 is 24.2 Å². The van der Waals surface area contributed by atoms with Gasteiger partial charge < -0.3 is 19.9 Å². The number of benzene rings is 2. The lowest BCUT2D eigenvalue weighted by molar-refractivity contribution is -0.147. The predicted octanol–water partition coefficient (Wildman–Crippen LogP) is 4.65. The van der Waals surface area contributed by atoms with Gasteiger partial charge in [-0.05, 0) is 35.1 Å². The Morgan fingerprint density at radius 1 is 1.18 bits per heavy atom. The number of esters is 1. The largest absolute Gasteiger partial charge is 0.504 e. The third-order valence-corrected chi connectivity index (χ3v) is 6.55. The number of hydrogen-bond donors (Lipinski definition) is 2. The van der Waals surface area contributed by atoms with Crippen molar-refractivity contribution in [1.82, 2.24) is 5.32 Å². The first-order chi connectivity index (χ1) is 16.2. The smallest absolute Gasteiger partial charge is 0.315 e. The van der Waals surface area contributed by atoms with Gasteiger partial charge in [0.25, 0.3) is 0 Å². The van der Waals surface area contributed by atoms with Gasteiger partial charge in [0.15, 0.2) is 17.3 Å². The summed E-state index contributed by atoms with van der Waals surface area (Å²) in [5, 5.41) is 13.7. The maximum atomic E-state index is 13.4. The summed E-state index contributed by atoms with van der Waals surface area (Å²) in [7, 11) is 1.47. The normalized spacial score (nSPS) is 21.5. The summed E-state index contributed by atoms with van der Waals surface area (Å²) >= 11 is 0. The molecule has 1 aliphatic carbocycles. The van der Waals surface area contributed by atoms with Gasteiger partial charge >= 0.3 is 5.97 Å². The molecule has 0 amide bonds. The van der Waals surface area contributed by atoms with Crippen molar-refractivity contribution >= 4 is 11.8 Å². The van der Waals surface area contributed by atoms with Gasteiger partial charge in [-0.25, -0.2) is 0 Å². The highest BCUT2D eigenvalue weighted by atomic mass is 16.5. The van der Waals surface area contributed by atoms with Crippen molar-refractivity contribution in [2.75, 3.05) is 13.7 Å². The van der Waals surface area contributed by atoms with Gasteiger partial charge in [0.05, 0.1) is 13.7 Å². The maximum absolute atomic E-state index is 13.4. The molecule has 6 nitrogen and oxygen atoms in total. The number of methoxy groups -OCH3 is 1. The average molecular weight is 462 g/mol. The molecular formula is C28H31NO5. The molecule has 0 bridgehead atoms. The number of phenols is 1. The molecule has 2 aliphatic rings. The number of carbonyl (C=O) groups excluding carboxylic acids is 2. The number of rotatable bonds is 6. The first-order valence-corrected chi connectivity index (χ1v) is 11.5. The van der Waals surface area contributed by atoms with Crippen molar-refractivity contribution in [2.45, 2.75) is 39.0 Å². The van der Waals surface area contributed by atoms with Gasteiger partial charge in [0.1, 0.15) is 5.92 Å². The number of phenolic OH excluding ortho intramolecular Hbond substituents is 1. The van der Waals surface area contributed by atoms with E-state index >= 15 is 0 Å². The molecular weight excluding hydrogens is 430 g/mol. The highest BCUT2D eigenvalue weighted by molar-refractivity contribution is 6.00. The summed E-state index contributed by atoms with van der Waals surface area (Å²) in [6.45, 7) is 8.46. The van der Waals surface area contributed by atoms with Crippen LogP contribution in [0.4, 0.5) is 0 Å². The first-order valence-electron chi connectivity index (χ1n) is 11.5. The Balaban J connectivity index is 1.68. The summed E-state index contributed by atoms with van der Waals surface area (Å²) < 4.78 is 10.9. The molecule has 178 valence electrons. The molecule has 0 saturated heterocycles. The van der Waals surface area contributed by atoms with Crippen LogP contribution in [0.15, 0.2) is 72.1 Å². The lowest BCUT2D eigenvalue weighted by Gasteiger charge is -2.42. The van der Waals surface area contributed by atoms with E-state index in [-0.39, 0.29) is 23.6 Å². The Morgan fingerprint density at radius 3 is 2.59 bits per heavy atom. The minimum absolute atomic E-state index is 0.00589. The first kappa shape index (κ1) is 23.6. The Hall–Kier alpha value is -3.54. The summed E-state index contributed by atoms with van der Waals surface area (Å²) in [5.74, 6) is -1.58. The fraction of sp³-hybridized carbons (Fsp3) is 0.357. The third-order valence-electron chi connectivity index (χ3n) is 6.55. The molecule has 0 fully saturated rings. The van der Waals surface area contributed by atoms with Crippen LogP contribution in [0, 0.1) is 11.3 Å². The monoisotopic (exact) mass is 461 g/mol. The van der Waals surface area contributed by atoms with E-state index in [1.54, 1.807) is 18.2 Å². The Kier molecular flexibility index (Phi) is 6.51. The second-order valence-corrected chi connectivity index (χ2v) is 9.77. The Labute approximate surface area is 200 Å². The van der Waals surface area contributed by atoms with Crippen LogP contribution in [0.25, 0.3) is 0 Å². The van der Waals surface area contributed by atoms with Crippen LogP contribution >= 0.6 is 0 Å². The lowest BCUT2D eigenvalue weighted by atomic mass is 9.66. The molecule has 6 heteroatoms. The van der Waals surface area contributed by atoms with E-state index in [0.717, 1.165) is 11.3 Å². The van der Waals surface area contributed by atoms with E-state index in [1.807, 2.05) is 30.3 Å². The summed E-state index contributed by atoms with van der Waals surface area (Å²) in [6, 6.07) is 14.8. The van der Waals surface area contributed by atoms with Crippen LogP contribution < -0.4 is 10.1 Å². The minimum atomic E-state index is -0.799. The van der Waals surface area contributed by atoms with Crippen LogP contribution in [0.1, 0.15) is 43.7 Å². The molecule has 2 unspecified atom stereocenters. The number of allylic oxidation sites excluding steroid dienone is 2. The molecule has 0 aromatic heterocycles. The molecule has 1 aliphatic heterocycles. The Morgan fingerprint density at radius 2 is 1.91 bits per heavy atom. The highest BCUT2D eigenvalue weighted by Crippen LogP contribution is 2.49. The number of aromatic hydroxyl groups is 1. The minimum Gasteiger partial charge on any atom is -0.504 e. The third kappa shape index (κ3) is 4.72. The van der Waals surface area contributed by atoms with E-state index in [0.29, 0.717) is 41.8 Å². The van der Waals surface area contributed by atoms with Gasteiger partial charge in [-0.1, -0.05) is 56.8 Å². The molecule has 2 aromatic carbocycles. The molecule has 34 heavy (non-hydrogen) atoms. The second kappa shape index (κ2) is 9.37. The molecule has 0 radical (unpaired) electrons. The average Bonchev–Trinajstić information content (AvgIpc) is 2.77. The number of Topliss-reactive ketones (excluding diaryl/α,β-unsaturated/α-hetero) is 1. The zero-order valence-corrected chi connectivity index (χ0v) is 19.9. The predicted molar refractivity (Wildman–Crippen MR) is 129 cm³/mol. The van der Waals surface area contributed by atoms with Crippen molar-refractivity contribution in [1.29, 1.82) is 0 Å². The summed E-state index contributed by atoms with van der Waals surface area (Å²) in [6.07, 6.45) is 1.64. The van der Waals surface area contributed by atoms with E-state index < -0.39 is 17.8 Å². The van der Waals surface area contributed by atoms with Crippen LogP contribution in [-0.4, -0.2) is 30.6 Å². The van der Waals surface area contributed by atoms with Gasteiger partial charge in [0, 0.05) is 35.7 Å². The molecule has 2 N–H and O–H groups in total. The fourth-order valence-corrected chi connectivity index (χ4v) is 4.99. The second-order valence-electron chi connectivity index (χ2n) is 9.77. The number of nitrogens with one attached hydrogen (secondary N) is 1. The van der Waals surface area contributed by atoms with Gasteiger partial charge in [-0.2, -0.15) is 0 Å². The van der Waals surface area contributed by atoms with Crippen molar-refractivity contribution in [3.63, 3.8) is 0 Å². The molecule has 2 atom stereocenters. The number of carbonyl (C=O) groups is 2. The standard InChI is InChI=1S/C28H31NO5/c1-17-24(27(32)34-13-12-18-8-6-5-7-9-18)25(19-10-11-23(33-4)21(30)14-19)26-20(29-17)15-28(2,3)16-22(26)31/h5-11,14,24-25,29-30H,1,12-13,15-16H2,2-4H3. The molecule has 0 saturated carbocycles. The molecule has 1 heterocycles. The van der Waals surface area contributed by atoms with E-state index in [4.69, 9.17) is 9.47 Å². The maximum Gasteiger partial charge on any atom is 0.315 e. The molecule has 2 aromatic rings. The number of hydrogen-bond acceptors (Lipinski definition) is 6. The molecule has 0 spiro atoms. The van der Waals surface area contributed by atoms with E-state index in [2.05, 4.69) is 25.7 Å². The fourth-order valence-electron chi connectivity index (χ4n) is 4.99. The summed E-state index contributed by atoms with van der Waals surface area (Å²) in [5.41, 5.74) is 3.38. The van der Waals surface area contributed by atoms with E-state index in [1.165, 1.54) is 7.11 Å². The van der Waals surface area contributed by atoms with Crippen molar-refractivity contribution in [2.24, 2.45) is 11.3 Å².